The Morgan fingerprint density at radius 3 is 1.15 bits per heavy atom. The lowest BCUT2D eigenvalue weighted by Crippen LogP contribution is -2.15. The van der Waals surface area contributed by atoms with Crippen LogP contribution in [0, 0.1) is 0 Å². The maximum absolute atomic E-state index is 6.76. The minimum atomic E-state index is 0.887. The van der Waals surface area contributed by atoms with E-state index in [-0.39, 0.29) is 0 Å². The summed E-state index contributed by atoms with van der Waals surface area (Å²) >= 11 is 0. The molecule has 0 saturated heterocycles. The van der Waals surface area contributed by atoms with Crippen LogP contribution in [0.4, 0.5) is 34.1 Å². The zero-order valence-corrected chi connectivity index (χ0v) is 43.3. The molecule has 3 heteroatoms. The Labute approximate surface area is 460 Å². The van der Waals surface area contributed by atoms with Crippen LogP contribution in [0.3, 0.4) is 0 Å². The summed E-state index contributed by atoms with van der Waals surface area (Å²) in [6.45, 7) is 0. The highest BCUT2D eigenvalue weighted by molar-refractivity contribution is 6.13. The monoisotopic (exact) mass is 1010 g/mol. The molecule has 0 unspecified atom stereocenters. The van der Waals surface area contributed by atoms with E-state index in [4.69, 9.17) is 4.42 Å². The van der Waals surface area contributed by atoms with Gasteiger partial charge in [0.25, 0.3) is 0 Å². The first-order valence-electron chi connectivity index (χ1n) is 27.0. The Morgan fingerprint density at radius 1 is 0.215 bits per heavy atom. The summed E-state index contributed by atoms with van der Waals surface area (Å²) in [6.07, 6.45) is 0. The summed E-state index contributed by atoms with van der Waals surface area (Å²) in [5.74, 6) is 0. The second-order valence-electron chi connectivity index (χ2n) is 20.0. The Balaban J connectivity index is 0.954. The third kappa shape index (κ3) is 8.80. The van der Waals surface area contributed by atoms with E-state index in [0.29, 0.717) is 0 Å². The van der Waals surface area contributed by atoms with Crippen molar-refractivity contribution in [3.8, 4) is 66.8 Å². The van der Waals surface area contributed by atoms with Gasteiger partial charge in [-0.25, -0.2) is 0 Å². The highest BCUT2D eigenvalue weighted by Gasteiger charge is 2.26. The molecule has 0 atom stereocenters. The third-order valence-corrected chi connectivity index (χ3v) is 15.3. The highest BCUT2D eigenvalue weighted by atomic mass is 16.3. The molecule has 79 heavy (non-hydrogen) atoms. The molecular weight excluding hydrogens is 957 g/mol. The quantitative estimate of drug-likeness (QED) is 0.122. The van der Waals surface area contributed by atoms with Crippen LogP contribution in [-0.2, 0) is 0 Å². The van der Waals surface area contributed by atoms with Gasteiger partial charge in [0.05, 0.1) is 22.7 Å². The van der Waals surface area contributed by atoms with Gasteiger partial charge in [0.1, 0.15) is 11.2 Å². The molecule has 0 saturated carbocycles. The summed E-state index contributed by atoms with van der Waals surface area (Å²) in [4.78, 5) is 4.90. The minimum absolute atomic E-state index is 0.887. The second-order valence-corrected chi connectivity index (χ2v) is 20.0. The first-order chi connectivity index (χ1) is 39.2. The standard InChI is InChI=1S/C76H52N2O/c1-4-24-53(25-5-1)62-34-12-13-35-63(62)59-32-22-33-61(50-59)78(72-43-19-15-37-65(72)55-28-8-3-9-29-55)74-45-21-17-39-68(74)67-38-16-20-44-73(67)77(71-42-18-14-36-64(71)54-26-6-2-7-27-54)60-48-46-56(47-49-60)66-40-23-41-69-70-51-57-30-10-11-31-58(57)52-75(70)79-76(66)69/h1-52H. The molecule has 372 valence electrons. The van der Waals surface area contributed by atoms with E-state index in [1.165, 1.54) is 27.5 Å². The van der Waals surface area contributed by atoms with Gasteiger partial charge >= 0.3 is 0 Å². The maximum atomic E-state index is 6.76. The summed E-state index contributed by atoms with van der Waals surface area (Å²) in [6, 6.07) is 114. The molecule has 0 radical (unpaired) electrons. The molecule has 13 aromatic carbocycles. The van der Waals surface area contributed by atoms with E-state index in [9.17, 15) is 0 Å². The Kier molecular flexibility index (Phi) is 12.2. The zero-order chi connectivity index (χ0) is 52.5. The van der Waals surface area contributed by atoms with Gasteiger partial charge in [0.2, 0.25) is 0 Å². The van der Waals surface area contributed by atoms with Gasteiger partial charge in [-0.2, -0.15) is 0 Å². The maximum Gasteiger partial charge on any atom is 0.143 e. The van der Waals surface area contributed by atoms with Crippen LogP contribution in [0.25, 0.3) is 99.5 Å². The lowest BCUT2D eigenvalue weighted by Gasteiger charge is -2.33. The smallest absolute Gasteiger partial charge is 0.143 e. The van der Waals surface area contributed by atoms with Crippen molar-refractivity contribution in [3.63, 3.8) is 0 Å². The Morgan fingerprint density at radius 2 is 0.595 bits per heavy atom. The van der Waals surface area contributed by atoms with Crippen molar-refractivity contribution in [1.29, 1.82) is 0 Å². The molecule has 1 heterocycles. The number of para-hydroxylation sites is 5. The first kappa shape index (κ1) is 47.0. The number of furan rings is 1. The molecule has 0 aliphatic rings. The molecule has 0 aliphatic carbocycles. The average Bonchev–Trinajstić information content (AvgIpc) is 3.93. The molecule has 1 aromatic heterocycles. The molecule has 0 aliphatic heterocycles. The van der Waals surface area contributed by atoms with E-state index in [1.54, 1.807) is 0 Å². The van der Waals surface area contributed by atoms with Gasteiger partial charge < -0.3 is 14.2 Å². The molecule has 14 aromatic rings. The molecular formula is C76H52N2O. The minimum Gasteiger partial charge on any atom is -0.455 e. The topological polar surface area (TPSA) is 19.6 Å². The number of hydrogen-bond acceptors (Lipinski definition) is 3. The molecule has 0 fully saturated rings. The summed E-state index contributed by atoms with van der Waals surface area (Å²) < 4.78 is 6.76. The fraction of sp³-hybridized carbons (Fsp3) is 0. The van der Waals surface area contributed by atoms with Crippen molar-refractivity contribution >= 4 is 66.8 Å². The number of nitrogens with zero attached hydrogens (tertiary/aromatic N) is 2. The Hall–Kier alpha value is -10.5. The van der Waals surface area contributed by atoms with E-state index < -0.39 is 0 Å². The lowest BCUT2D eigenvalue weighted by atomic mass is 9.93. The van der Waals surface area contributed by atoms with E-state index in [0.717, 1.165) is 106 Å². The molecule has 3 nitrogen and oxygen atoms in total. The predicted molar refractivity (Wildman–Crippen MR) is 333 cm³/mol. The fourth-order valence-corrected chi connectivity index (χ4v) is 11.6. The average molecular weight is 1010 g/mol. The van der Waals surface area contributed by atoms with Crippen LogP contribution in [0.15, 0.2) is 320 Å². The lowest BCUT2D eigenvalue weighted by molar-refractivity contribution is 0.670. The van der Waals surface area contributed by atoms with Crippen molar-refractivity contribution in [3.05, 3.63) is 315 Å². The highest BCUT2D eigenvalue weighted by Crippen LogP contribution is 2.51. The largest absolute Gasteiger partial charge is 0.455 e. The molecule has 0 spiro atoms. The fourth-order valence-electron chi connectivity index (χ4n) is 11.6. The SMILES string of the molecule is c1ccc(-c2ccccc2-c2cccc(N(c3ccccc3-c3ccccc3)c3ccccc3-c3ccccc3N(c3ccc(-c4cccc5c4oc4cc6ccccc6cc45)cc3)c3ccccc3-c3ccccc3)c2)cc1. The number of anilines is 6. The van der Waals surface area contributed by atoms with Crippen LogP contribution >= 0.6 is 0 Å². The van der Waals surface area contributed by atoms with E-state index in [1.807, 2.05) is 0 Å². The second kappa shape index (κ2) is 20.6. The van der Waals surface area contributed by atoms with Crippen LogP contribution in [0.2, 0.25) is 0 Å². The van der Waals surface area contributed by atoms with Gasteiger partial charge in [-0.1, -0.05) is 255 Å². The van der Waals surface area contributed by atoms with Gasteiger partial charge in [-0.3, -0.25) is 0 Å². The van der Waals surface area contributed by atoms with Gasteiger partial charge in [-0.05, 0) is 110 Å². The summed E-state index contributed by atoms with van der Waals surface area (Å²) in [7, 11) is 0. The third-order valence-electron chi connectivity index (χ3n) is 15.3. The first-order valence-corrected chi connectivity index (χ1v) is 27.0. The number of benzene rings is 13. The van der Waals surface area contributed by atoms with Crippen molar-refractivity contribution in [2.45, 2.75) is 0 Å². The van der Waals surface area contributed by atoms with Crippen molar-refractivity contribution in [1.82, 2.24) is 0 Å². The van der Waals surface area contributed by atoms with Crippen molar-refractivity contribution in [2.75, 3.05) is 9.80 Å². The summed E-state index contributed by atoms with van der Waals surface area (Å²) in [5, 5.41) is 4.60. The Bertz CT molecular complexity index is 4490. The molecule has 14 rings (SSSR count). The van der Waals surface area contributed by atoms with Crippen molar-refractivity contribution in [2.24, 2.45) is 0 Å². The van der Waals surface area contributed by atoms with Crippen LogP contribution in [0.5, 0.6) is 0 Å². The number of fused-ring (bicyclic) bond motifs is 4. The van der Waals surface area contributed by atoms with Gasteiger partial charge in [-0.15, -0.1) is 0 Å². The predicted octanol–water partition coefficient (Wildman–Crippen LogP) is 21.7. The van der Waals surface area contributed by atoms with E-state index in [2.05, 4.69) is 325 Å². The van der Waals surface area contributed by atoms with Gasteiger partial charge in [0.15, 0.2) is 0 Å². The number of hydrogen-bond donors (Lipinski definition) is 0. The van der Waals surface area contributed by atoms with Gasteiger partial charge in [0, 0.05) is 50.0 Å². The van der Waals surface area contributed by atoms with Crippen LogP contribution in [0.1, 0.15) is 0 Å². The molecule has 0 bridgehead atoms. The van der Waals surface area contributed by atoms with Crippen LogP contribution < -0.4 is 9.80 Å². The zero-order valence-electron chi connectivity index (χ0n) is 43.3. The normalized spacial score (nSPS) is 11.3. The van der Waals surface area contributed by atoms with Crippen LogP contribution in [-0.4, -0.2) is 0 Å². The summed E-state index contributed by atoms with van der Waals surface area (Å²) in [5.41, 5.74) is 21.6. The molecule has 0 N–H and O–H groups in total. The number of rotatable bonds is 12. The molecule has 0 amide bonds. The van der Waals surface area contributed by atoms with Crippen molar-refractivity contribution < 1.29 is 4.42 Å². The van der Waals surface area contributed by atoms with E-state index >= 15 is 0 Å².